The highest BCUT2D eigenvalue weighted by Crippen LogP contribution is 2.18. The Bertz CT molecular complexity index is 389. The molecule has 1 aromatic rings. The summed E-state index contributed by atoms with van der Waals surface area (Å²) in [5, 5.41) is 3.30. The highest BCUT2D eigenvalue weighted by molar-refractivity contribution is 5.75. The fourth-order valence-electron chi connectivity index (χ4n) is 1.68. The molecular weight excluding hydrogens is 216 g/mol. The van der Waals surface area contributed by atoms with Crippen molar-refractivity contribution in [1.29, 1.82) is 0 Å². The van der Waals surface area contributed by atoms with Crippen LogP contribution < -0.4 is 15.8 Å². The number of ether oxygens (including phenoxy) is 1. The van der Waals surface area contributed by atoms with E-state index in [0.717, 1.165) is 11.3 Å². The van der Waals surface area contributed by atoms with Crippen LogP contribution in [0, 0.1) is 0 Å². The second-order valence-electron chi connectivity index (χ2n) is 4.69. The first kappa shape index (κ1) is 13.5. The monoisotopic (exact) mass is 236 g/mol. The molecule has 0 saturated heterocycles. The van der Waals surface area contributed by atoms with Crippen LogP contribution in [0.5, 0.6) is 5.75 Å². The average molecular weight is 236 g/mol. The minimum atomic E-state index is -0.313. The standard InChI is InChI=1S/C13H20N2O2/c1-13(2,8-12(14)16)15-9-10-6-4-5-7-11(10)17-3/h4-7,15H,8-9H2,1-3H3,(H2,14,16). The molecule has 0 bridgehead atoms. The number of hydrogen-bond donors (Lipinski definition) is 2. The third-order valence-corrected chi connectivity index (χ3v) is 2.57. The predicted molar refractivity (Wildman–Crippen MR) is 67.7 cm³/mol. The normalized spacial score (nSPS) is 11.2. The summed E-state index contributed by atoms with van der Waals surface area (Å²) in [4.78, 5) is 10.9. The summed E-state index contributed by atoms with van der Waals surface area (Å²) in [5.41, 5.74) is 5.95. The van der Waals surface area contributed by atoms with Crippen molar-refractivity contribution in [2.45, 2.75) is 32.4 Å². The maximum Gasteiger partial charge on any atom is 0.219 e. The van der Waals surface area contributed by atoms with E-state index < -0.39 is 0 Å². The van der Waals surface area contributed by atoms with E-state index in [0.29, 0.717) is 13.0 Å². The summed E-state index contributed by atoms with van der Waals surface area (Å²) in [6, 6.07) is 7.79. The molecule has 1 rings (SSSR count). The van der Waals surface area contributed by atoms with Crippen LogP contribution in [-0.4, -0.2) is 18.6 Å². The molecule has 0 fully saturated rings. The van der Waals surface area contributed by atoms with E-state index in [1.165, 1.54) is 0 Å². The molecule has 1 aromatic carbocycles. The van der Waals surface area contributed by atoms with E-state index >= 15 is 0 Å². The molecule has 0 aromatic heterocycles. The number of amides is 1. The first-order valence-electron chi connectivity index (χ1n) is 5.60. The molecule has 0 radical (unpaired) electrons. The quantitative estimate of drug-likeness (QED) is 0.785. The Hall–Kier alpha value is -1.55. The Labute approximate surface area is 102 Å². The van der Waals surface area contributed by atoms with Gasteiger partial charge < -0.3 is 15.8 Å². The molecule has 0 aliphatic rings. The lowest BCUT2D eigenvalue weighted by molar-refractivity contribution is -0.119. The first-order valence-corrected chi connectivity index (χ1v) is 5.60. The van der Waals surface area contributed by atoms with E-state index in [4.69, 9.17) is 10.5 Å². The van der Waals surface area contributed by atoms with Crippen molar-refractivity contribution in [1.82, 2.24) is 5.32 Å². The van der Waals surface area contributed by atoms with Gasteiger partial charge in [0, 0.05) is 24.1 Å². The van der Waals surface area contributed by atoms with Crippen LogP contribution in [0.4, 0.5) is 0 Å². The molecule has 17 heavy (non-hydrogen) atoms. The van der Waals surface area contributed by atoms with Crippen molar-refractivity contribution in [3.8, 4) is 5.75 Å². The summed E-state index contributed by atoms with van der Waals surface area (Å²) in [6.45, 7) is 4.55. The second kappa shape index (κ2) is 5.68. The number of carbonyl (C=O) groups excluding carboxylic acids is 1. The van der Waals surface area contributed by atoms with Gasteiger partial charge in [0.15, 0.2) is 0 Å². The van der Waals surface area contributed by atoms with Crippen LogP contribution in [0.25, 0.3) is 0 Å². The third-order valence-electron chi connectivity index (χ3n) is 2.57. The van der Waals surface area contributed by atoms with E-state index in [1.54, 1.807) is 7.11 Å². The molecule has 0 spiro atoms. The van der Waals surface area contributed by atoms with Crippen LogP contribution in [0.1, 0.15) is 25.8 Å². The predicted octanol–water partition coefficient (Wildman–Crippen LogP) is 1.44. The van der Waals surface area contributed by atoms with Crippen LogP contribution >= 0.6 is 0 Å². The van der Waals surface area contributed by atoms with Gasteiger partial charge in [-0.2, -0.15) is 0 Å². The van der Waals surface area contributed by atoms with Crippen molar-refractivity contribution in [2.24, 2.45) is 5.73 Å². The maximum atomic E-state index is 10.9. The summed E-state index contributed by atoms with van der Waals surface area (Å²) in [6.07, 6.45) is 0.308. The number of rotatable bonds is 6. The Morgan fingerprint density at radius 2 is 2.06 bits per heavy atom. The zero-order valence-corrected chi connectivity index (χ0v) is 10.6. The molecule has 0 heterocycles. The lowest BCUT2D eigenvalue weighted by Gasteiger charge is -2.25. The van der Waals surface area contributed by atoms with Crippen molar-refractivity contribution in [2.75, 3.05) is 7.11 Å². The summed E-state index contributed by atoms with van der Waals surface area (Å²) >= 11 is 0. The summed E-state index contributed by atoms with van der Waals surface area (Å²) < 4.78 is 5.26. The van der Waals surface area contributed by atoms with Gasteiger partial charge in [0.25, 0.3) is 0 Å². The first-order chi connectivity index (χ1) is 7.94. The van der Waals surface area contributed by atoms with Crippen molar-refractivity contribution in [3.05, 3.63) is 29.8 Å². The molecule has 0 aliphatic carbocycles. The molecule has 3 N–H and O–H groups in total. The molecule has 0 unspecified atom stereocenters. The number of benzene rings is 1. The van der Waals surface area contributed by atoms with Gasteiger partial charge in [0.2, 0.25) is 5.91 Å². The Balaban J connectivity index is 2.63. The topological polar surface area (TPSA) is 64.3 Å². The van der Waals surface area contributed by atoms with Crippen LogP contribution in [-0.2, 0) is 11.3 Å². The SMILES string of the molecule is COc1ccccc1CNC(C)(C)CC(N)=O. The number of nitrogens with two attached hydrogens (primary N) is 1. The van der Waals surface area contributed by atoms with E-state index in [1.807, 2.05) is 38.1 Å². The van der Waals surface area contributed by atoms with Gasteiger partial charge in [-0.25, -0.2) is 0 Å². The zero-order valence-electron chi connectivity index (χ0n) is 10.6. The molecule has 0 atom stereocenters. The fourth-order valence-corrected chi connectivity index (χ4v) is 1.68. The van der Waals surface area contributed by atoms with Gasteiger partial charge in [-0.1, -0.05) is 18.2 Å². The number of nitrogens with one attached hydrogen (secondary N) is 1. The molecule has 0 saturated carbocycles. The highest BCUT2D eigenvalue weighted by Gasteiger charge is 2.20. The molecule has 1 amide bonds. The maximum absolute atomic E-state index is 10.9. The Morgan fingerprint density at radius 1 is 1.41 bits per heavy atom. The largest absolute Gasteiger partial charge is 0.496 e. The number of para-hydroxylation sites is 1. The van der Waals surface area contributed by atoms with Crippen LogP contribution in [0.3, 0.4) is 0 Å². The molecule has 4 heteroatoms. The highest BCUT2D eigenvalue weighted by atomic mass is 16.5. The molecule has 0 aliphatic heterocycles. The van der Waals surface area contributed by atoms with Gasteiger partial charge in [-0.3, -0.25) is 4.79 Å². The lowest BCUT2D eigenvalue weighted by atomic mass is 10.00. The fraction of sp³-hybridized carbons (Fsp3) is 0.462. The van der Waals surface area contributed by atoms with Crippen molar-refractivity contribution >= 4 is 5.91 Å². The Morgan fingerprint density at radius 3 is 2.65 bits per heavy atom. The van der Waals surface area contributed by atoms with E-state index in [-0.39, 0.29) is 11.4 Å². The van der Waals surface area contributed by atoms with Gasteiger partial charge in [0.05, 0.1) is 7.11 Å². The van der Waals surface area contributed by atoms with Gasteiger partial charge in [-0.15, -0.1) is 0 Å². The van der Waals surface area contributed by atoms with Gasteiger partial charge in [0.1, 0.15) is 5.75 Å². The number of methoxy groups -OCH3 is 1. The molecule has 94 valence electrons. The van der Waals surface area contributed by atoms with E-state index in [9.17, 15) is 4.79 Å². The van der Waals surface area contributed by atoms with Gasteiger partial charge >= 0.3 is 0 Å². The number of hydrogen-bond acceptors (Lipinski definition) is 3. The third kappa shape index (κ3) is 4.44. The van der Waals surface area contributed by atoms with Crippen molar-refractivity contribution < 1.29 is 9.53 Å². The summed E-state index contributed by atoms with van der Waals surface area (Å²) in [7, 11) is 1.65. The molecule has 4 nitrogen and oxygen atoms in total. The Kier molecular flexibility index (Phi) is 4.52. The second-order valence-corrected chi connectivity index (χ2v) is 4.69. The summed E-state index contributed by atoms with van der Waals surface area (Å²) in [5.74, 6) is 0.539. The lowest BCUT2D eigenvalue weighted by Crippen LogP contribution is -2.42. The number of primary amides is 1. The van der Waals surface area contributed by atoms with E-state index in [2.05, 4.69) is 5.32 Å². The molecular formula is C13H20N2O2. The smallest absolute Gasteiger partial charge is 0.219 e. The minimum absolute atomic E-state index is 0.303. The van der Waals surface area contributed by atoms with Crippen LogP contribution in [0.15, 0.2) is 24.3 Å². The average Bonchev–Trinajstić information content (AvgIpc) is 2.25. The van der Waals surface area contributed by atoms with Gasteiger partial charge in [-0.05, 0) is 19.9 Å². The van der Waals surface area contributed by atoms with Crippen LogP contribution in [0.2, 0.25) is 0 Å². The zero-order chi connectivity index (χ0) is 12.9. The minimum Gasteiger partial charge on any atom is -0.496 e. The van der Waals surface area contributed by atoms with Crippen molar-refractivity contribution in [3.63, 3.8) is 0 Å². The number of carbonyl (C=O) groups is 1.